The molecule has 0 unspecified atom stereocenters. The number of rotatable bonds is 6. The SMILES string of the molecule is CN(Cc1ccccc1Br)C(=O)CSc1nnc(-c2ccc(Cl)cc2)o1. The van der Waals surface area contributed by atoms with E-state index in [-0.39, 0.29) is 11.7 Å². The molecule has 0 aliphatic rings. The molecule has 8 heteroatoms. The zero-order valence-electron chi connectivity index (χ0n) is 13.9. The van der Waals surface area contributed by atoms with Gasteiger partial charge in [0, 0.05) is 28.7 Å². The molecule has 5 nitrogen and oxygen atoms in total. The van der Waals surface area contributed by atoms with Crippen LogP contribution in [-0.4, -0.2) is 33.8 Å². The number of amides is 1. The standard InChI is InChI=1S/C18H15BrClN3O2S/c1-23(10-13-4-2-3-5-15(13)19)16(24)11-26-18-22-21-17(25-18)12-6-8-14(20)9-7-12/h2-9H,10-11H2,1H3. The van der Waals surface area contributed by atoms with E-state index in [4.69, 9.17) is 16.0 Å². The first kappa shape index (κ1) is 18.9. The Kier molecular flexibility index (Phi) is 6.34. The molecule has 0 spiro atoms. The molecule has 134 valence electrons. The van der Waals surface area contributed by atoms with Crippen LogP contribution in [0.2, 0.25) is 5.02 Å². The zero-order chi connectivity index (χ0) is 18.5. The van der Waals surface area contributed by atoms with E-state index >= 15 is 0 Å². The zero-order valence-corrected chi connectivity index (χ0v) is 17.0. The van der Waals surface area contributed by atoms with Crippen molar-refractivity contribution in [2.45, 2.75) is 11.8 Å². The Labute approximate surface area is 168 Å². The Bertz CT molecular complexity index is 901. The van der Waals surface area contributed by atoms with E-state index in [2.05, 4.69) is 26.1 Å². The number of nitrogens with zero attached hydrogens (tertiary/aromatic N) is 3. The maximum absolute atomic E-state index is 12.3. The van der Waals surface area contributed by atoms with Crippen molar-refractivity contribution in [3.05, 3.63) is 63.6 Å². The summed E-state index contributed by atoms with van der Waals surface area (Å²) in [6.45, 7) is 0.528. The van der Waals surface area contributed by atoms with Gasteiger partial charge in [0.25, 0.3) is 5.22 Å². The van der Waals surface area contributed by atoms with E-state index in [1.54, 1.807) is 36.2 Å². The van der Waals surface area contributed by atoms with Crippen LogP contribution in [0.4, 0.5) is 0 Å². The number of aromatic nitrogens is 2. The second-order valence-corrected chi connectivity index (χ2v) is 7.73. The van der Waals surface area contributed by atoms with Gasteiger partial charge in [-0.3, -0.25) is 4.79 Å². The van der Waals surface area contributed by atoms with Crippen molar-refractivity contribution < 1.29 is 9.21 Å². The summed E-state index contributed by atoms with van der Waals surface area (Å²) in [7, 11) is 1.77. The molecule has 0 saturated carbocycles. The fourth-order valence-corrected chi connectivity index (χ4v) is 3.42. The van der Waals surface area contributed by atoms with E-state index in [9.17, 15) is 4.79 Å². The molecule has 0 saturated heterocycles. The summed E-state index contributed by atoms with van der Waals surface area (Å²) in [6, 6.07) is 15.0. The van der Waals surface area contributed by atoms with Gasteiger partial charge in [-0.25, -0.2) is 0 Å². The van der Waals surface area contributed by atoms with Gasteiger partial charge in [-0.05, 0) is 35.9 Å². The largest absolute Gasteiger partial charge is 0.411 e. The van der Waals surface area contributed by atoms with Gasteiger partial charge in [0.2, 0.25) is 11.8 Å². The van der Waals surface area contributed by atoms with Crippen molar-refractivity contribution in [1.29, 1.82) is 0 Å². The van der Waals surface area contributed by atoms with Crippen LogP contribution >= 0.6 is 39.3 Å². The Balaban J connectivity index is 1.56. The van der Waals surface area contributed by atoms with Crippen molar-refractivity contribution >= 4 is 45.2 Å². The van der Waals surface area contributed by atoms with Crippen LogP contribution in [0.5, 0.6) is 0 Å². The fraction of sp³-hybridized carbons (Fsp3) is 0.167. The molecule has 0 aliphatic heterocycles. The summed E-state index contributed by atoms with van der Waals surface area (Å²) < 4.78 is 6.58. The monoisotopic (exact) mass is 451 g/mol. The lowest BCUT2D eigenvalue weighted by Crippen LogP contribution is -2.27. The van der Waals surface area contributed by atoms with E-state index < -0.39 is 0 Å². The highest BCUT2D eigenvalue weighted by molar-refractivity contribution is 9.10. The molecular weight excluding hydrogens is 438 g/mol. The van der Waals surface area contributed by atoms with Crippen LogP contribution < -0.4 is 0 Å². The Morgan fingerprint density at radius 1 is 1.19 bits per heavy atom. The minimum Gasteiger partial charge on any atom is -0.411 e. The van der Waals surface area contributed by atoms with Gasteiger partial charge >= 0.3 is 0 Å². The average molecular weight is 453 g/mol. The molecule has 1 amide bonds. The quantitative estimate of drug-likeness (QED) is 0.498. The average Bonchev–Trinajstić information content (AvgIpc) is 3.11. The van der Waals surface area contributed by atoms with Gasteiger partial charge in [0.05, 0.1) is 5.75 Å². The highest BCUT2D eigenvalue weighted by atomic mass is 79.9. The summed E-state index contributed by atoms with van der Waals surface area (Å²) >= 11 is 10.6. The fourth-order valence-electron chi connectivity index (χ4n) is 2.18. The third kappa shape index (κ3) is 4.87. The van der Waals surface area contributed by atoms with Crippen LogP contribution in [0.25, 0.3) is 11.5 Å². The van der Waals surface area contributed by atoms with Crippen LogP contribution in [0.3, 0.4) is 0 Å². The van der Waals surface area contributed by atoms with Gasteiger partial charge in [0.1, 0.15) is 0 Å². The Morgan fingerprint density at radius 2 is 1.92 bits per heavy atom. The van der Waals surface area contributed by atoms with E-state index in [0.717, 1.165) is 15.6 Å². The van der Waals surface area contributed by atoms with Crippen molar-refractivity contribution in [3.63, 3.8) is 0 Å². The molecule has 3 aromatic rings. The minimum atomic E-state index is -0.0167. The van der Waals surface area contributed by atoms with Crippen molar-refractivity contribution in [1.82, 2.24) is 15.1 Å². The number of halogens is 2. The number of benzene rings is 2. The second-order valence-electron chi connectivity index (χ2n) is 5.51. The normalized spacial score (nSPS) is 10.7. The van der Waals surface area contributed by atoms with Crippen LogP contribution in [0.15, 0.2) is 62.6 Å². The van der Waals surface area contributed by atoms with E-state index in [1.807, 2.05) is 24.3 Å². The van der Waals surface area contributed by atoms with Gasteiger partial charge < -0.3 is 9.32 Å². The number of hydrogen-bond donors (Lipinski definition) is 0. The van der Waals surface area contributed by atoms with Crippen molar-refractivity contribution in [2.24, 2.45) is 0 Å². The predicted octanol–water partition coefficient (Wildman–Crippen LogP) is 4.90. The van der Waals surface area contributed by atoms with Gasteiger partial charge in [-0.1, -0.05) is 57.5 Å². The maximum atomic E-state index is 12.3. The summed E-state index contributed by atoms with van der Waals surface area (Å²) in [6.07, 6.45) is 0. The lowest BCUT2D eigenvalue weighted by atomic mass is 10.2. The molecule has 26 heavy (non-hydrogen) atoms. The molecule has 1 heterocycles. The summed E-state index contributed by atoms with van der Waals surface area (Å²) in [5.41, 5.74) is 1.84. The van der Waals surface area contributed by atoms with Crippen molar-refractivity contribution in [2.75, 3.05) is 12.8 Å². The maximum Gasteiger partial charge on any atom is 0.277 e. The molecule has 0 aliphatic carbocycles. The van der Waals surface area contributed by atoms with E-state index in [0.29, 0.717) is 22.7 Å². The second kappa shape index (κ2) is 8.70. The highest BCUT2D eigenvalue weighted by Crippen LogP contribution is 2.25. The molecule has 1 aromatic heterocycles. The first-order chi connectivity index (χ1) is 12.5. The lowest BCUT2D eigenvalue weighted by molar-refractivity contribution is -0.127. The van der Waals surface area contributed by atoms with Crippen molar-refractivity contribution in [3.8, 4) is 11.5 Å². The number of hydrogen-bond acceptors (Lipinski definition) is 5. The van der Waals surface area contributed by atoms with Crippen LogP contribution in [0, 0.1) is 0 Å². The highest BCUT2D eigenvalue weighted by Gasteiger charge is 2.14. The molecule has 0 fully saturated rings. The van der Waals surface area contributed by atoms with Gasteiger partial charge in [0.15, 0.2) is 0 Å². The third-order valence-corrected chi connectivity index (χ3v) is 5.44. The number of thioether (sulfide) groups is 1. The molecule has 2 aromatic carbocycles. The first-order valence-corrected chi connectivity index (χ1v) is 9.88. The molecule has 3 rings (SSSR count). The summed E-state index contributed by atoms with van der Waals surface area (Å²) in [4.78, 5) is 14.0. The molecular formula is C18H15BrClN3O2S. The summed E-state index contributed by atoms with van der Waals surface area (Å²) in [5.74, 6) is 0.610. The van der Waals surface area contributed by atoms with Crippen LogP contribution in [0.1, 0.15) is 5.56 Å². The van der Waals surface area contributed by atoms with Gasteiger partial charge in [-0.2, -0.15) is 0 Å². The number of carbonyl (C=O) groups excluding carboxylic acids is 1. The molecule has 0 bridgehead atoms. The first-order valence-electron chi connectivity index (χ1n) is 7.72. The molecule has 0 N–H and O–H groups in total. The molecule has 0 radical (unpaired) electrons. The minimum absolute atomic E-state index is 0.0167. The third-order valence-electron chi connectivity index (χ3n) is 3.61. The van der Waals surface area contributed by atoms with Crippen LogP contribution in [-0.2, 0) is 11.3 Å². The topological polar surface area (TPSA) is 59.2 Å². The Hall–Kier alpha value is -1.83. The van der Waals surface area contributed by atoms with E-state index in [1.165, 1.54) is 11.8 Å². The summed E-state index contributed by atoms with van der Waals surface area (Å²) in [5, 5.41) is 8.99. The number of carbonyl (C=O) groups is 1. The lowest BCUT2D eigenvalue weighted by Gasteiger charge is -2.17. The predicted molar refractivity (Wildman–Crippen MR) is 106 cm³/mol. The smallest absolute Gasteiger partial charge is 0.277 e. The van der Waals surface area contributed by atoms with Gasteiger partial charge in [-0.15, -0.1) is 10.2 Å². The molecule has 0 atom stereocenters. The Morgan fingerprint density at radius 3 is 2.65 bits per heavy atom.